The number of benzene rings is 2. The first-order chi connectivity index (χ1) is 13.1. The van der Waals surface area contributed by atoms with Crippen molar-refractivity contribution in [1.82, 2.24) is 15.5 Å². The van der Waals surface area contributed by atoms with Gasteiger partial charge in [-0.1, -0.05) is 48.4 Å². The van der Waals surface area contributed by atoms with Gasteiger partial charge in [-0.25, -0.2) is 0 Å². The van der Waals surface area contributed by atoms with E-state index in [1.807, 2.05) is 42.5 Å². The van der Waals surface area contributed by atoms with E-state index >= 15 is 0 Å². The summed E-state index contributed by atoms with van der Waals surface area (Å²) in [7, 11) is 0. The van der Waals surface area contributed by atoms with Gasteiger partial charge in [0.2, 0.25) is 0 Å². The number of nitrogens with one attached hydrogen (secondary N) is 1. The minimum absolute atomic E-state index is 0.124. The third-order valence-corrected chi connectivity index (χ3v) is 3.75. The fourth-order valence-corrected chi connectivity index (χ4v) is 2.44. The molecule has 0 saturated carbocycles. The van der Waals surface area contributed by atoms with Gasteiger partial charge in [-0.2, -0.15) is 5.10 Å². The van der Waals surface area contributed by atoms with Crippen LogP contribution in [-0.4, -0.2) is 32.9 Å². The zero-order valence-electron chi connectivity index (χ0n) is 14.4. The van der Waals surface area contributed by atoms with Crippen molar-refractivity contribution in [2.45, 2.75) is 6.54 Å². The number of para-hydroxylation sites is 1. The average Bonchev–Trinajstić information content (AvgIpc) is 2.69. The lowest BCUT2D eigenvalue weighted by atomic mass is 10.0. The summed E-state index contributed by atoms with van der Waals surface area (Å²) in [5, 5.41) is 29.9. The summed E-state index contributed by atoms with van der Waals surface area (Å²) in [5.74, 6) is 5.00. The molecule has 0 radical (unpaired) electrons. The highest BCUT2D eigenvalue weighted by Gasteiger charge is 2.07. The molecule has 0 atom stereocenters. The first kappa shape index (κ1) is 18.1. The van der Waals surface area contributed by atoms with Crippen LogP contribution in [0, 0.1) is 11.8 Å². The van der Waals surface area contributed by atoms with E-state index in [-0.39, 0.29) is 12.3 Å². The molecule has 0 amide bonds. The molecule has 0 unspecified atom stereocenters. The van der Waals surface area contributed by atoms with E-state index in [0.717, 1.165) is 5.56 Å². The zero-order valence-corrected chi connectivity index (χ0v) is 14.4. The lowest BCUT2D eigenvalue weighted by Crippen LogP contribution is -2.22. The molecule has 0 bridgehead atoms. The van der Waals surface area contributed by atoms with Gasteiger partial charge in [0, 0.05) is 12.1 Å². The van der Waals surface area contributed by atoms with Crippen LogP contribution in [-0.2, 0) is 11.3 Å². The van der Waals surface area contributed by atoms with Gasteiger partial charge in [-0.3, -0.25) is 4.79 Å². The average molecular weight is 359 g/mol. The van der Waals surface area contributed by atoms with Crippen molar-refractivity contribution < 1.29 is 15.0 Å². The Balaban J connectivity index is 1.75. The highest BCUT2D eigenvalue weighted by molar-refractivity contribution is 5.73. The van der Waals surface area contributed by atoms with E-state index in [2.05, 4.69) is 27.4 Å². The van der Waals surface area contributed by atoms with E-state index in [0.29, 0.717) is 29.1 Å². The molecule has 2 aromatic carbocycles. The Morgan fingerprint density at radius 3 is 2.48 bits per heavy atom. The Bertz CT molecular complexity index is 991. The number of phenolic OH excluding ortho intramolecular Hbond substituents is 1. The van der Waals surface area contributed by atoms with Crippen molar-refractivity contribution in [3.05, 3.63) is 77.6 Å². The summed E-state index contributed by atoms with van der Waals surface area (Å²) < 4.78 is 0. The van der Waals surface area contributed by atoms with Crippen LogP contribution in [0.2, 0.25) is 0 Å². The molecule has 6 heteroatoms. The van der Waals surface area contributed by atoms with Crippen molar-refractivity contribution in [1.29, 1.82) is 0 Å². The van der Waals surface area contributed by atoms with Crippen LogP contribution >= 0.6 is 0 Å². The number of aliphatic carboxylic acids is 1. The van der Waals surface area contributed by atoms with Crippen LogP contribution in [0.15, 0.2) is 60.7 Å². The number of phenols is 1. The molecule has 3 aromatic rings. The van der Waals surface area contributed by atoms with E-state index in [1.54, 1.807) is 18.2 Å². The molecule has 27 heavy (non-hydrogen) atoms. The molecule has 0 fully saturated rings. The van der Waals surface area contributed by atoms with Crippen LogP contribution in [0.25, 0.3) is 11.1 Å². The van der Waals surface area contributed by atoms with Crippen LogP contribution in [0.3, 0.4) is 0 Å². The van der Waals surface area contributed by atoms with Gasteiger partial charge < -0.3 is 15.5 Å². The topological polar surface area (TPSA) is 95.3 Å². The summed E-state index contributed by atoms with van der Waals surface area (Å²) in [6.45, 7) is 0.174. The lowest BCUT2D eigenvalue weighted by Gasteiger charge is -2.06. The standard InChI is InChI=1S/C21H17N3O3/c25-20(26)14-22-13-18-12-11-17(23-24-18)10-9-16-7-4-8-19(21(16)27)15-5-2-1-3-6-15/h1-8,11-12,22,27H,13-14H2,(H,25,26). The predicted octanol–water partition coefficient (Wildman–Crippen LogP) is 2.42. The molecule has 0 aliphatic rings. The summed E-state index contributed by atoms with van der Waals surface area (Å²) in [5.41, 5.74) is 3.22. The van der Waals surface area contributed by atoms with E-state index in [4.69, 9.17) is 5.11 Å². The van der Waals surface area contributed by atoms with E-state index in [1.165, 1.54) is 0 Å². The second-order valence-electron chi connectivity index (χ2n) is 5.72. The minimum atomic E-state index is -0.928. The number of hydrogen-bond acceptors (Lipinski definition) is 5. The lowest BCUT2D eigenvalue weighted by molar-refractivity contribution is -0.136. The first-order valence-corrected chi connectivity index (χ1v) is 8.28. The number of rotatable bonds is 5. The molecule has 1 aromatic heterocycles. The molecule has 0 saturated heterocycles. The Kier molecular flexibility index (Phi) is 5.77. The van der Waals surface area contributed by atoms with Crippen LogP contribution in [0.1, 0.15) is 17.0 Å². The smallest absolute Gasteiger partial charge is 0.317 e. The number of aromatic hydroxyl groups is 1. The normalized spacial score (nSPS) is 10.1. The molecule has 3 rings (SSSR count). The fourth-order valence-electron chi connectivity index (χ4n) is 2.44. The van der Waals surface area contributed by atoms with Crippen molar-refractivity contribution in [2.24, 2.45) is 0 Å². The number of carbonyl (C=O) groups is 1. The Morgan fingerprint density at radius 2 is 1.78 bits per heavy atom. The Hall–Kier alpha value is -3.69. The Labute approximate surface area is 156 Å². The summed E-state index contributed by atoms with van der Waals surface area (Å²) >= 11 is 0. The van der Waals surface area contributed by atoms with Crippen LogP contribution < -0.4 is 5.32 Å². The summed E-state index contributed by atoms with van der Waals surface area (Å²) in [6, 6.07) is 18.5. The van der Waals surface area contributed by atoms with Gasteiger partial charge in [0.15, 0.2) is 0 Å². The van der Waals surface area contributed by atoms with Crippen molar-refractivity contribution >= 4 is 5.97 Å². The van der Waals surface area contributed by atoms with Gasteiger partial charge in [0.1, 0.15) is 11.4 Å². The SMILES string of the molecule is O=C(O)CNCc1ccc(C#Cc2cccc(-c3ccccc3)c2O)nn1. The van der Waals surface area contributed by atoms with Gasteiger partial charge in [0.25, 0.3) is 0 Å². The monoisotopic (exact) mass is 359 g/mol. The molecule has 6 nitrogen and oxygen atoms in total. The van der Waals surface area contributed by atoms with Crippen molar-refractivity contribution in [2.75, 3.05) is 6.54 Å². The largest absolute Gasteiger partial charge is 0.506 e. The number of carboxylic acids is 1. The maximum Gasteiger partial charge on any atom is 0.317 e. The highest BCUT2D eigenvalue weighted by atomic mass is 16.4. The van der Waals surface area contributed by atoms with Crippen LogP contribution in [0.4, 0.5) is 0 Å². The van der Waals surface area contributed by atoms with Gasteiger partial charge in [-0.15, -0.1) is 5.10 Å². The minimum Gasteiger partial charge on any atom is -0.506 e. The summed E-state index contributed by atoms with van der Waals surface area (Å²) in [6.07, 6.45) is 0. The third-order valence-electron chi connectivity index (χ3n) is 3.75. The fraction of sp³-hybridized carbons (Fsp3) is 0.0952. The molecule has 1 heterocycles. The number of aromatic nitrogens is 2. The summed E-state index contributed by atoms with van der Waals surface area (Å²) in [4.78, 5) is 10.5. The number of nitrogens with zero attached hydrogens (tertiary/aromatic N) is 2. The zero-order chi connectivity index (χ0) is 19.1. The van der Waals surface area contributed by atoms with Crippen LogP contribution in [0.5, 0.6) is 5.75 Å². The number of carboxylic acid groups (broad SMARTS) is 1. The molecule has 0 spiro atoms. The number of hydrogen-bond donors (Lipinski definition) is 3. The van der Waals surface area contributed by atoms with Crippen molar-refractivity contribution in [3.8, 4) is 28.7 Å². The molecule has 0 aliphatic carbocycles. The second kappa shape index (κ2) is 8.61. The molecule has 0 aliphatic heterocycles. The van der Waals surface area contributed by atoms with E-state index < -0.39 is 5.97 Å². The maximum absolute atomic E-state index is 10.5. The highest BCUT2D eigenvalue weighted by Crippen LogP contribution is 2.31. The quantitative estimate of drug-likeness (QED) is 0.606. The van der Waals surface area contributed by atoms with Crippen molar-refractivity contribution in [3.63, 3.8) is 0 Å². The van der Waals surface area contributed by atoms with Gasteiger partial charge >= 0.3 is 5.97 Å². The predicted molar refractivity (Wildman–Crippen MR) is 101 cm³/mol. The van der Waals surface area contributed by atoms with E-state index in [9.17, 15) is 9.90 Å². The Morgan fingerprint density at radius 1 is 0.963 bits per heavy atom. The molecule has 134 valence electrons. The second-order valence-corrected chi connectivity index (χ2v) is 5.72. The molecular weight excluding hydrogens is 342 g/mol. The third kappa shape index (κ3) is 4.91. The maximum atomic E-state index is 10.5. The van der Waals surface area contributed by atoms with Gasteiger partial charge in [-0.05, 0) is 29.7 Å². The first-order valence-electron chi connectivity index (χ1n) is 8.28. The molecular formula is C21H17N3O3. The van der Waals surface area contributed by atoms with Gasteiger partial charge in [0.05, 0.1) is 17.8 Å². The molecule has 3 N–H and O–H groups in total.